The molecule has 0 unspecified atom stereocenters. The van der Waals surface area contributed by atoms with Crippen LogP contribution in [0.25, 0.3) is 21.9 Å². The number of oxazole rings is 1. The summed E-state index contributed by atoms with van der Waals surface area (Å²) in [4.78, 5) is 6.39. The van der Waals surface area contributed by atoms with E-state index in [2.05, 4.69) is 4.98 Å². The molecule has 0 saturated heterocycles. The van der Waals surface area contributed by atoms with Crippen LogP contribution in [0.3, 0.4) is 0 Å². The van der Waals surface area contributed by atoms with Gasteiger partial charge in [-0.3, -0.25) is 0 Å². The summed E-state index contributed by atoms with van der Waals surface area (Å²) in [6.45, 7) is 0.643. The SMILES string of the molecule is CN(C)Cc1nc2cc(O)c3ccccc3c2o1. The molecule has 0 aliphatic carbocycles. The number of rotatable bonds is 2. The topological polar surface area (TPSA) is 49.5 Å². The molecule has 0 aliphatic heterocycles. The van der Waals surface area contributed by atoms with E-state index in [9.17, 15) is 5.11 Å². The van der Waals surface area contributed by atoms with Gasteiger partial charge in [-0.25, -0.2) is 4.98 Å². The molecule has 18 heavy (non-hydrogen) atoms. The van der Waals surface area contributed by atoms with Crippen molar-refractivity contribution in [2.24, 2.45) is 0 Å². The molecule has 0 bridgehead atoms. The van der Waals surface area contributed by atoms with Gasteiger partial charge >= 0.3 is 0 Å². The summed E-state index contributed by atoms with van der Waals surface area (Å²) in [5, 5.41) is 11.7. The molecule has 0 spiro atoms. The highest BCUT2D eigenvalue weighted by atomic mass is 16.3. The second-order valence-electron chi connectivity index (χ2n) is 4.63. The number of phenols is 1. The number of fused-ring (bicyclic) bond motifs is 3. The van der Waals surface area contributed by atoms with Gasteiger partial charge in [0.05, 0.1) is 6.54 Å². The van der Waals surface area contributed by atoms with Gasteiger partial charge in [0.2, 0.25) is 5.89 Å². The van der Waals surface area contributed by atoms with E-state index in [4.69, 9.17) is 4.42 Å². The van der Waals surface area contributed by atoms with Crippen LogP contribution in [0, 0.1) is 0 Å². The fraction of sp³-hybridized carbons (Fsp3) is 0.214. The first kappa shape index (κ1) is 11.0. The third-order valence-corrected chi connectivity index (χ3v) is 2.87. The Kier molecular flexibility index (Phi) is 2.45. The van der Waals surface area contributed by atoms with E-state index in [-0.39, 0.29) is 5.75 Å². The van der Waals surface area contributed by atoms with Crippen LogP contribution in [0.1, 0.15) is 5.89 Å². The van der Waals surface area contributed by atoms with Crippen molar-refractivity contribution in [1.82, 2.24) is 9.88 Å². The average Bonchev–Trinajstić information content (AvgIpc) is 2.71. The summed E-state index contributed by atoms with van der Waals surface area (Å²) in [6.07, 6.45) is 0. The number of benzene rings is 2. The Hall–Kier alpha value is -2.07. The van der Waals surface area contributed by atoms with Crippen molar-refractivity contribution in [1.29, 1.82) is 0 Å². The monoisotopic (exact) mass is 242 g/mol. The van der Waals surface area contributed by atoms with Gasteiger partial charge in [0.1, 0.15) is 11.3 Å². The summed E-state index contributed by atoms with van der Waals surface area (Å²) in [5.74, 6) is 0.897. The summed E-state index contributed by atoms with van der Waals surface area (Å²) in [5.41, 5.74) is 1.43. The van der Waals surface area contributed by atoms with Gasteiger partial charge in [0, 0.05) is 16.8 Å². The lowest BCUT2D eigenvalue weighted by Gasteiger charge is -2.03. The summed E-state index contributed by atoms with van der Waals surface area (Å²) >= 11 is 0. The molecule has 1 heterocycles. The maximum atomic E-state index is 9.97. The first-order valence-corrected chi connectivity index (χ1v) is 5.80. The summed E-state index contributed by atoms with van der Waals surface area (Å²) in [6, 6.07) is 9.28. The van der Waals surface area contributed by atoms with E-state index in [1.807, 2.05) is 43.3 Å². The third-order valence-electron chi connectivity index (χ3n) is 2.87. The van der Waals surface area contributed by atoms with Crippen LogP contribution in [-0.4, -0.2) is 29.1 Å². The highest BCUT2D eigenvalue weighted by Gasteiger charge is 2.12. The molecule has 0 fully saturated rings. The number of aromatic nitrogens is 1. The van der Waals surface area contributed by atoms with Gasteiger partial charge in [0.25, 0.3) is 0 Å². The molecule has 1 N–H and O–H groups in total. The van der Waals surface area contributed by atoms with Crippen molar-refractivity contribution in [3.8, 4) is 5.75 Å². The Balaban J connectivity index is 2.29. The molecule has 0 saturated carbocycles. The van der Waals surface area contributed by atoms with Crippen molar-refractivity contribution in [3.63, 3.8) is 0 Å². The molecule has 0 amide bonds. The van der Waals surface area contributed by atoms with Crippen molar-refractivity contribution in [2.45, 2.75) is 6.54 Å². The van der Waals surface area contributed by atoms with Crippen molar-refractivity contribution in [3.05, 3.63) is 36.2 Å². The molecule has 3 aromatic rings. The van der Waals surface area contributed by atoms with Crippen LogP contribution < -0.4 is 0 Å². The number of phenolic OH excluding ortho intramolecular Hbond substituents is 1. The van der Waals surface area contributed by atoms with Gasteiger partial charge < -0.3 is 14.4 Å². The van der Waals surface area contributed by atoms with Crippen LogP contribution in [0.15, 0.2) is 34.7 Å². The lowest BCUT2D eigenvalue weighted by molar-refractivity contribution is 0.349. The van der Waals surface area contributed by atoms with Crippen LogP contribution in [-0.2, 0) is 6.54 Å². The minimum Gasteiger partial charge on any atom is -0.507 e. The second-order valence-corrected chi connectivity index (χ2v) is 4.63. The predicted molar refractivity (Wildman–Crippen MR) is 70.6 cm³/mol. The van der Waals surface area contributed by atoms with Crippen molar-refractivity contribution in [2.75, 3.05) is 14.1 Å². The Morgan fingerprint density at radius 2 is 1.94 bits per heavy atom. The quantitative estimate of drug-likeness (QED) is 0.750. The highest BCUT2D eigenvalue weighted by molar-refractivity contribution is 6.06. The molecule has 0 aliphatic rings. The Labute approximate surface area is 104 Å². The lowest BCUT2D eigenvalue weighted by Crippen LogP contribution is -2.10. The number of aromatic hydroxyl groups is 1. The molecule has 2 aromatic carbocycles. The smallest absolute Gasteiger partial charge is 0.209 e. The minimum absolute atomic E-state index is 0.239. The van der Waals surface area contributed by atoms with Gasteiger partial charge in [0.15, 0.2) is 5.58 Å². The molecular weight excluding hydrogens is 228 g/mol. The Morgan fingerprint density at radius 3 is 2.67 bits per heavy atom. The zero-order chi connectivity index (χ0) is 12.7. The summed E-state index contributed by atoms with van der Waals surface area (Å²) < 4.78 is 5.78. The zero-order valence-electron chi connectivity index (χ0n) is 10.3. The van der Waals surface area contributed by atoms with Gasteiger partial charge in [-0.05, 0) is 14.1 Å². The van der Waals surface area contributed by atoms with Crippen LogP contribution in [0.4, 0.5) is 0 Å². The fourth-order valence-electron chi connectivity index (χ4n) is 2.12. The standard InChI is InChI=1S/C14H14N2O2/c1-16(2)8-13-15-11-7-12(17)9-5-3-4-6-10(9)14(11)18-13/h3-7,17H,8H2,1-2H3. The molecule has 4 heteroatoms. The molecule has 3 rings (SSSR count). The number of hydrogen-bond donors (Lipinski definition) is 1. The van der Waals surface area contributed by atoms with Crippen LogP contribution >= 0.6 is 0 Å². The van der Waals surface area contributed by atoms with E-state index < -0.39 is 0 Å². The lowest BCUT2D eigenvalue weighted by atomic mass is 10.1. The maximum absolute atomic E-state index is 9.97. The average molecular weight is 242 g/mol. The van der Waals surface area contributed by atoms with Crippen molar-refractivity contribution >= 4 is 21.9 Å². The minimum atomic E-state index is 0.239. The zero-order valence-corrected chi connectivity index (χ0v) is 10.3. The van der Waals surface area contributed by atoms with Gasteiger partial charge in [-0.2, -0.15) is 0 Å². The predicted octanol–water partition coefficient (Wildman–Crippen LogP) is 2.75. The third kappa shape index (κ3) is 1.71. The first-order chi connectivity index (χ1) is 8.65. The largest absolute Gasteiger partial charge is 0.507 e. The molecule has 0 atom stereocenters. The maximum Gasteiger partial charge on any atom is 0.209 e. The molecule has 92 valence electrons. The number of hydrogen-bond acceptors (Lipinski definition) is 4. The van der Waals surface area contributed by atoms with Crippen LogP contribution in [0.2, 0.25) is 0 Å². The molecular formula is C14H14N2O2. The van der Waals surface area contributed by atoms with Crippen LogP contribution in [0.5, 0.6) is 5.75 Å². The molecule has 1 aromatic heterocycles. The fourth-order valence-corrected chi connectivity index (χ4v) is 2.12. The second kappa shape index (κ2) is 3.99. The van der Waals surface area contributed by atoms with E-state index >= 15 is 0 Å². The Bertz CT molecular complexity index is 716. The normalized spacial score (nSPS) is 11.7. The number of nitrogens with zero attached hydrogens (tertiary/aromatic N) is 2. The molecule has 4 nitrogen and oxygen atoms in total. The Morgan fingerprint density at radius 1 is 1.22 bits per heavy atom. The van der Waals surface area contributed by atoms with Gasteiger partial charge in [-0.1, -0.05) is 24.3 Å². The van der Waals surface area contributed by atoms with E-state index in [0.29, 0.717) is 18.0 Å². The molecule has 0 radical (unpaired) electrons. The van der Waals surface area contributed by atoms with E-state index in [1.54, 1.807) is 6.07 Å². The summed E-state index contributed by atoms with van der Waals surface area (Å²) in [7, 11) is 3.93. The van der Waals surface area contributed by atoms with E-state index in [1.165, 1.54) is 0 Å². The first-order valence-electron chi connectivity index (χ1n) is 5.80. The highest BCUT2D eigenvalue weighted by Crippen LogP contribution is 2.32. The van der Waals surface area contributed by atoms with E-state index in [0.717, 1.165) is 16.4 Å². The van der Waals surface area contributed by atoms with Crippen molar-refractivity contribution < 1.29 is 9.52 Å². The van der Waals surface area contributed by atoms with Gasteiger partial charge in [-0.15, -0.1) is 0 Å².